The van der Waals surface area contributed by atoms with E-state index in [4.69, 9.17) is 0 Å². The summed E-state index contributed by atoms with van der Waals surface area (Å²) in [5, 5.41) is 6.56. The Morgan fingerprint density at radius 2 is 2.40 bits per heavy atom. The molecule has 2 N–H and O–H groups in total. The number of pyridine rings is 1. The first-order valence-electron chi connectivity index (χ1n) is 7.21. The van der Waals surface area contributed by atoms with Crippen molar-refractivity contribution in [2.75, 3.05) is 6.54 Å². The van der Waals surface area contributed by atoms with Crippen molar-refractivity contribution in [2.45, 2.75) is 38.3 Å². The fourth-order valence-corrected chi connectivity index (χ4v) is 2.75. The van der Waals surface area contributed by atoms with Crippen molar-refractivity contribution in [3.8, 4) is 0 Å². The molecule has 1 saturated heterocycles. The van der Waals surface area contributed by atoms with Crippen LogP contribution in [0.4, 0.5) is 0 Å². The molecule has 0 spiro atoms. The van der Waals surface area contributed by atoms with E-state index in [0.717, 1.165) is 18.6 Å². The van der Waals surface area contributed by atoms with Crippen LogP contribution in [0.15, 0.2) is 30.7 Å². The van der Waals surface area contributed by atoms with Crippen LogP contribution in [0.25, 0.3) is 5.65 Å². The lowest BCUT2D eigenvalue weighted by molar-refractivity contribution is 0.0927. The zero-order valence-electron chi connectivity index (χ0n) is 11.7. The van der Waals surface area contributed by atoms with Crippen molar-refractivity contribution >= 4 is 11.6 Å². The van der Waals surface area contributed by atoms with Gasteiger partial charge in [-0.3, -0.25) is 4.79 Å². The van der Waals surface area contributed by atoms with Gasteiger partial charge < -0.3 is 15.0 Å². The van der Waals surface area contributed by atoms with Crippen LogP contribution in [0, 0.1) is 0 Å². The average Bonchev–Trinajstić information content (AvgIpc) is 2.95. The summed E-state index contributed by atoms with van der Waals surface area (Å²) in [6, 6.07) is 4.20. The highest BCUT2D eigenvalue weighted by atomic mass is 16.1. The summed E-state index contributed by atoms with van der Waals surface area (Å²) in [4.78, 5) is 16.5. The highest BCUT2D eigenvalue weighted by Gasteiger charge is 2.21. The zero-order chi connectivity index (χ0) is 13.9. The second-order valence-corrected chi connectivity index (χ2v) is 5.43. The van der Waals surface area contributed by atoms with Crippen LogP contribution in [0.3, 0.4) is 0 Å². The molecule has 3 heterocycles. The maximum absolute atomic E-state index is 12.3. The first-order valence-corrected chi connectivity index (χ1v) is 7.21. The predicted molar refractivity (Wildman–Crippen MR) is 77.8 cm³/mol. The van der Waals surface area contributed by atoms with E-state index in [2.05, 4.69) is 22.5 Å². The highest BCUT2D eigenvalue weighted by molar-refractivity contribution is 5.94. The van der Waals surface area contributed by atoms with Gasteiger partial charge in [0.25, 0.3) is 5.91 Å². The number of hydrogen-bond acceptors (Lipinski definition) is 3. The van der Waals surface area contributed by atoms with Crippen molar-refractivity contribution in [1.82, 2.24) is 20.0 Å². The molecule has 5 nitrogen and oxygen atoms in total. The molecule has 0 saturated carbocycles. The lowest BCUT2D eigenvalue weighted by atomic mass is 9.99. The van der Waals surface area contributed by atoms with Crippen LogP contribution in [0.2, 0.25) is 0 Å². The molecule has 0 aromatic carbocycles. The van der Waals surface area contributed by atoms with Crippen molar-refractivity contribution in [2.24, 2.45) is 0 Å². The molecule has 5 heteroatoms. The molecule has 0 aliphatic carbocycles. The van der Waals surface area contributed by atoms with Gasteiger partial charge in [0, 0.05) is 30.7 Å². The van der Waals surface area contributed by atoms with Crippen molar-refractivity contribution in [1.29, 1.82) is 0 Å². The third-order valence-electron chi connectivity index (χ3n) is 3.96. The summed E-state index contributed by atoms with van der Waals surface area (Å²) in [5.41, 5.74) is 1.52. The quantitative estimate of drug-likeness (QED) is 0.892. The van der Waals surface area contributed by atoms with Gasteiger partial charge in [-0.2, -0.15) is 0 Å². The average molecular weight is 272 g/mol. The molecule has 0 radical (unpaired) electrons. The minimum Gasteiger partial charge on any atom is -0.348 e. The van der Waals surface area contributed by atoms with E-state index in [9.17, 15) is 4.79 Å². The molecule has 0 bridgehead atoms. The van der Waals surface area contributed by atoms with E-state index in [1.165, 1.54) is 12.8 Å². The van der Waals surface area contributed by atoms with Crippen LogP contribution >= 0.6 is 0 Å². The number of amides is 1. The fraction of sp³-hybridized carbons (Fsp3) is 0.467. The van der Waals surface area contributed by atoms with Gasteiger partial charge in [0.2, 0.25) is 0 Å². The molecule has 1 fully saturated rings. The molecule has 20 heavy (non-hydrogen) atoms. The van der Waals surface area contributed by atoms with Gasteiger partial charge in [-0.1, -0.05) is 6.42 Å². The van der Waals surface area contributed by atoms with Crippen molar-refractivity contribution < 1.29 is 4.79 Å². The maximum Gasteiger partial charge on any atom is 0.253 e. The van der Waals surface area contributed by atoms with E-state index in [-0.39, 0.29) is 11.9 Å². The van der Waals surface area contributed by atoms with Gasteiger partial charge in [-0.05, 0) is 38.4 Å². The van der Waals surface area contributed by atoms with Gasteiger partial charge >= 0.3 is 0 Å². The number of nitrogens with zero attached hydrogens (tertiary/aromatic N) is 2. The number of fused-ring (bicyclic) bond motifs is 1. The van der Waals surface area contributed by atoms with Crippen LogP contribution in [0.5, 0.6) is 0 Å². The Kier molecular flexibility index (Phi) is 3.69. The number of carbonyl (C=O) groups excluding carboxylic acids is 1. The summed E-state index contributed by atoms with van der Waals surface area (Å²) < 4.78 is 1.86. The lowest BCUT2D eigenvalue weighted by Crippen LogP contribution is -2.50. The van der Waals surface area contributed by atoms with Gasteiger partial charge in [0.05, 0.1) is 5.56 Å². The third-order valence-corrected chi connectivity index (χ3v) is 3.96. The highest BCUT2D eigenvalue weighted by Crippen LogP contribution is 2.11. The molecule has 1 aliphatic heterocycles. The van der Waals surface area contributed by atoms with Gasteiger partial charge in [-0.25, -0.2) is 4.98 Å². The Morgan fingerprint density at radius 1 is 1.50 bits per heavy atom. The minimum absolute atomic E-state index is 0.0273. The normalized spacial score (nSPS) is 20.8. The molecule has 2 atom stereocenters. The van der Waals surface area contributed by atoms with E-state index < -0.39 is 0 Å². The van der Waals surface area contributed by atoms with E-state index >= 15 is 0 Å². The molecular formula is C15H20N4O. The lowest BCUT2D eigenvalue weighted by Gasteiger charge is -2.29. The summed E-state index contributed by atoms with van der Waals surface area (Å²) >= 11 is 0. The number of aromatic nitrogens is 2. The van der Waals surface area contributed by atoms with E-state index in [1.54, 1.807) is 6.20 Å². The smallest absolute Gasteiger partial charge is 0.253 e. The summed E-state index contributed by atoms with van der Waals surface area (Å²) in [6.45, 7) is 3.11. The summed E-state index contributed by atoms with van der Waals surface area (Å²) in [5.74, 6) is -0.0273. The standard InChI is InChI=1S/C15H20N4O/c1-11(13-4-2-3-7-16-13)18-15(20)12-5-6-14-17-8-9-19(14)10-12/h5-6,8-11,13,16H,2-4,7H2,1H3,(H,18,20)/t11-,13-/m1/s1. The van der Waals surface area contributed by atoms with Crippen molar-refractivity contribution in [3.05, 3.63) is 36.3 Å². The number of hydrogen-bond donors (Lipinski definition) is 2. The number of nitrogens with one attached hydrogen (secondary N) is 2. The van der Waals surface area contributed by atoms with E-state index in [1.807, 2.05) is 28.9 Å². The Hall–Kier alpha value is -1.88. The number of imidazole rings is 1. The molecule has 106 valence electrons. The zero-order valence-corrected chi connectivity index (χ0v) is 11.7. The maximum atomic E-state index is 12.3. The monoisotopic (exact) mass is 272 g/mol. The van der Waals surface area contributed by atoms with Gasteiger partial charge in [-0.15, -0.1) is 0 Å². The van der Waals surface area contributed by atoms with Crippen LogP contribution in [-0.4, -0.2) is 33.9 Å². The first-order chi connectivity index (χ1) is 9.74. The molecule has 1 amide bonds. The first kappa shape index (κ1) is 13.1. The predicted octanol–water partition coefficient (Wildman–Crippen LogP) is 1.59. The molecule has 3 rings (SSSR count). The van der Waals surface area contributed by atoms with Crippen LogP contribution in [-0.2, 0) is 0 Å². The Bertz CT molecular complexity index is 601. The number of carbonyl (C=O) groups is 1. The molecule has 2 aromatic rings. The van der Waals surface area contributed by atoms with Crippen LogP contribution in [0.1, 0.15) is 36.5 Å². The SMILES string of the molecule is C[C@@H](NC(=O)c1ccc2nccn2c1)[C@H]1CCCCN1. The Labute approximate surface area is 118 Å². The number of rotatable bonds is 3. The minimum atomic E-state index is -0.0273. The number of piperidine rings is 1. The summed E-state index contributed by atoms with van der Waals surface area (Å²) in [6.07, 6.45) is 8.98. The Morgan fingerprint density at radius 3 is 3.20 bits per heavy atom. The molecule has 1 aliphatic rings. The largest absolute Gasteiger partial charge is 0.348 e. The second kappa shape index (κ2) is 5.63. The van der Waals surface area contributed by atoms with E-state index in [0.29, 0.717) is 11.6 Å². The fourth-order valence-electron chi connectivity index (χ4n) is 2.75. The van der Waals surface area contributed by atoms with Crippen molar-refractivity contribution in [3.63, 3.8) is 0 Å². The Balaban J connectivity index is 1.68. The van der Waals surface area contributed by atoms with Gasteiger partial charge in [0.15, 0.2) is 0 Å². The molecule has 2 aromatic heterocycles. The second-order valence-electron chi connectivity index (χ2n) is 5.43. The molecule has 0 unspecified atom stereocenters. The molecular weight excluding hydrogens is 252 g/mol. The van der Waals surface area contributed by atoms with Crippen LogP contribution < -0.4 is 10.6 Å². The summed E-state index contributed by atoms with van der Waals surface area (Å²) in [7, 11) is 0. The van der Waals surface area contributed by atoms with Gasteiger partial charge in [0.1, 0.15) is 5.65 Å². The third kappa shape index (κ3) is 2.67. The topological polar surface area (TPSA) is 58.4 Å².